The lowest BCUT2D eigenvalue weighted by Gasteiger charge is -2.39. The largest absolute Gasteiger partial charge is 0.457 e. The van der Waals surface area contributed by atoms with Crippen molar-refractivity contribution in [3.63, 3.8) is 0 Å². The number of esters is 1. The average Bonchev–Trinajstić information content (AvgIpc) is 3.17. The van der Waals surface area contributed by atoms with Crippen molar-refractivity contribution in [3.05, 3.63) is 0 Å². The SMILES string of the molecule is CCCCCCCCCCCCCCCCCCCCCCCCCCCCOCC(COC1OC(CO)C(O)C(O)C1O)OC(=O)CCCCCCC. The second kappa shape index (κ2) is 37.7. The molecule has 0 bridgehead atoms. The second-order valence-electron chi connectivity index (χ2n) is 16.2. The number of ether oxygens (including phenoxy) is 4. The van der Waals surface area contributed by atoms with Gasteiger partial charge in [0.05, 0.1) is 19.8 Å². The fourth-order valence-electron chi connectivity index (χ4n) is 7.38. The highest BCUT2D eigenvalue weighted by Gasteiger charge is 2.44. The van der Waals surface area contributed by atoms with E-state index >= 15 is 0 Å². The first-order chi connectivity index (χ1) is 26.4. The Balaban J connectivity index is 2.02. The first-order valence-electron chi connectivity index (χ1n) is 23.1. The Morgan fingerprint density at radius 1 is 0.519 bits per heavy atom. The molecule has 1 rings (SSSR count). The highest BCUT2D eigenvalue weighted by molar-refractivity contribution is 5.69. The minimum Gasteiger partial charge on any atom is -0.457 e. The Hall–Kier alpha value is -0.810. The Bertz CT molecular complexity index is 797. The van der Waals surface area contributed by atoms with Gasteiger partial charge in [-0.1, -0.05) is 200 Å². The minimum absolute atomic E-state index is 0.107. The molecular weight excluding hydrogens is 684 g/mol. The molecule has 0 aromatic heterocycles. The maximum atomic E-state index is 12.5. The van der Waals surface area contributed by atoms with Crippen LogP contribution in [0, 0.1) is 0 Å². The summed E-state index contributed by atoms with van der Waals surface area (Å²) in [6.07, 6.45) is 33.4. The van der Waals surface area contributed by atoms with Gasteiger partial charge >= 0.3 is 5.97 Å². The number of carbonyl (C=O) groups excluding carboxylic acids is 1. The van der Waals surface area contributed by atoms with Gasteiger partial charge in [-0.05, 0) is 12.8 Å². The van der Waals surface area contributed by atoms with Gasteiger partial charge in [-0.3, -0.25) is 4.79 Å². The van der Waals surface area contributed by atoms with E-state index in [1.165, 1.54) is 154 Å². The molecule has 1 aliphatic heterocycles. The van der Waals surface area contributed by atoms with Crippen LogP contribution in [0.25, 0.3) is 0 Å². The quantitative estimate of drug-likeness (QED) is 0.0355. The van der Waals surface area contributed by atoms with Crippen LogP contribution >= 0.6 is 0 Å². The number of rotatable bonds is 40. The van der Waals surface area contributed by atoms with Crippen molar-refractivity contribution in [1.82, 2.24) is 0 Å². The summed E-state index contributed by atoms with van der Waals surface area (Å²) in [5.41, 5.74) is 0. The van der Waals surface area contributed by atoms with Crippen LogP contribution in [0.3, 0.4) is 0 Å². The maximum Gasteiger partial charge on any atom is 0.306 e. The van der Waals surface area contributed by atoms with Gasteiger partial charge in [0.25, 0.3) is 0 Å². The zero-order valence-electron chi connectivity index (χ0n) is 35.3. The first kappa shape index (κ1) is 51.2. The molecule has 0 aromatic carbocycles. The third-order valence-electron chi connectivity index (χ3n) is 11.0. The van der Waals surface area contributed by atoms with Crippen molar-refractivity contribution in [3.8, 4) is 0 Å². The molecule has 4 N–H and O–H groups in total. The summed E-state index contributed by atoms with van der Waals surface area (Å²) in [6, 6.07) is 0. The van der Waals surface area contributed by atoms with E-state index in [2.05, 4.69) is 13.8 Å². The van der Waals surface area contributed by atoms with Crippen molar-refractivity contribution in [2.24, 2.45) is 0 Å². The van der Waals surface area contributed by atoms with E-state index in [-0.39, 0.29) is 19.2 Å². The summed E-state index contributed by atoms with van der Waals surface area (Å²) in [7, 11) is 0. The minimum atomic E-state index is -1.53. The fraction of sp³-hybridized carbons (Fsp3) is 0.978. The van der Waals surface area contributed by atoms with Crippen LogP contribution in [0.2, 0.25) is 0 Å². The third-order valence-corrected chi connectivity index (χ3v) is 11.0. The van der Waals surface area contributed by atoms with Crippen LogP contribution < -0.4 is 0 Å². The second-order valence-corrected chi connectivity index (χ2v) is 16.2. The summed E-state index contributed by atoms with van der Waals surface area (Å²) in [5.74, 6) is -0.322. The topological polar surface area (TPSA) is 135 Å². The molecule has 0 aliphatic carbocycles. The van der Waals surface area contributed by atoms with E-state index in [4.69, 9.17) is 18.9 Å². The van der Waals surface area contributed by atoms with Crippen molar-refractivity contribution >= 4 is 5.97 Å². The molecule has 322 valence electrons. The smallest absolute Gasteiger partial charge is 0.306 e. The van der Waals surface area contributed by atoms with Crippen LogP contribution in [0.4, 0.5) is 0 Å². The molecule has 1 aliphatic rings. The van der Waals surface area contributed by atoms with E-state index in [0.717, 1.165) is 44.9 Å². The van der Waals surface area contributed by atoms with Crippen molar-refractivity contribution < 1.29 is 44.2 Å². The van der Waals surface area contributed by atoms with E-state index < -0.39 is 43.4 Å². The molecule has 9 heteroatoms. The molecule has 6 unspecified atom stereocenters. The Labute approximate surface area is 332 Å². The van der Waals surface area contributed by atoms with Gasteiger partial charge < -0.3 is 39.4 Å². The molecule has 54 heavy (non-hydrogen) atoms. The molecule has 0 saturated carbocycles. The monoisotopic (exact) mass is 773 g/mol. The third kappa shape index (κ3) is 28.6. The fourth-order valence-corrected chi connectivity index (χ4v) is 7.38. The van der Waals surface area contributed by atoms with E-state index in [9.17, 15) is 25.2 Å². The average molecular weight is 773 g/mol. The maximum absolute atomic E-state index is 12.5. The zero-order valence-corrected chi connectivity index (χ0v) is 35.3. The molecule has 0 spiro atoms. The number of carbonyl (C=O) groups is 1. The summed E-state index contributed by atoms with van der Waals surface area (Å²) >= 11 is 0. The predicted octanol–water partition coefficient (Wildman–Crippen LogP) is 10.3. The predicted molar refractivity (Wildman–Crippen MR) is 220 cm³/mol. The highest BCUT2D eigenvalue weighted by atomic mass is 16.7. The van der Waals surface area contributed by atoms with Crippen molar-refractivity contribution in [1.29, 1.82) is 0 Å². The Kier molecular flexibility index (Phi) is 35.8. The lowest BCUT2D eigenvalue weighted by Crippen LogP contribution is -2.59. The first-order valence-corrected chi connectivity index (χ1v) is 23.1. The van der Waals surface area contributed by atoms with Gasteiger partial charge in [-0.15, -0.1) is 0 Å². The van der Waals surface area contributed by atoms with Crippen LogP contribution in [0.5, 0.6) is 0 Å². The van der Waals surface area contributed by atoms with Crippen molar-refractivity contribution in [2.75, 3.05) is 26.4 Å². The molecule has 1 fully saturated rings. The number of hydrogen-bond acceptors (Lipinski definition) is 9. The molecule has 6 atom stereocenters. The normalized spacial score (nSPS) is 20.7. The standard InChI is InChI=1S/C45H88O9/c1-3-5-7-9-10-11-12-13-14-15-16-17-18-19-20-21-22-23-24-25-26-27-28-29-31-33-35-51-37-39(53-41(47)34-32-30-8-6-4-2)38-52-45-44(50)43(49)42(48)40(36-46)54-45/h39-40,42-46,48-50H,3-38H2,1-2H3. The lowest BCUT2D eigenvalue weighted by molar-refractivity contribution is -0.305. The van der Waals surface area contributed by atoms with Crippen LogP contribution in [0.1, 0.15) is 219 Å². The molecular formula is C45H88O9. The summed E-state index contributed by atoms with van der Waals surface area (Å²) < 4.78 is 22.6. The van der Waals surface area contributed by atoms with Crippen molar-refractivity contribution in [2.45, 2.75) is 256 Å². The summed E-state index contributed by atoms with van der Waals surface area (Å²) in [5, 5.41) is 39.9. The molecule has 0 aromatic rings. The van der Waals surface area contributed by atoms with E-state index in [0.29, 0.717) is 13.0 Å². The molecule has 0 radical (unpaired) electrons. The van der Waals surface area contributed by atoms with Crippen LogP contribution in [-0.4, -0.2) is 89.6 Å². The summed E-state index contributed by atoms with van der Waals surface area (Å²) in [4.78, 5) is 12.5. The number of aliphatic hydroxyl groups is 4. The summed E-state index contributed by atoms with van der Waals surface area (Å²) in [6.45, 7) is 4.51. The van der Waals surface area contributed by atoms with Gasteiger partial charge in [-0.2, -0.15) is 0 Å². The highest BCUT2D eigenvalue weighted by Crippen LogP contribution is 2.23. The number of unbranched alkanes of at least 4 members (excludes halogenated alkanes) is 29. The van der Waals surface area contributed by atoms with Gasteiger partial charge in [0.1, 0.15) is 30.5 Å². The van der Waals surface area contributed by atoms with Gasteiger partial charge in [-0.25, -0.2) is 0 Å². The van der Waals surface area contributed by atoms with E-state index in [1.54, 1.807) is 0 Å². The van der Waals surface area contributed by atoms with Crippen LogP contribution in [-0.2, 0) is 23.7 Å². The molecule has 9 nitrogen and oxygen atoms in total. The number of aliphatic hydroxyl groups excluding tert-OH is 4. The van der Waals surface area contributed by atoms with Gasteiger partial charge in [0.2, 0.25) is 0 Å². The van der Waals surface area contributed by atoms with E-state index in [1.807, 2.05) is 0 Å². The molecule has 1 saturated heterocycles. The Morgan fingerprint density at radius 2 is 0.907 bits per heavy atom. The van der Waals surface area contributed by atoms with Gasteiger partial charge in [0, 0.05) is 13.0 Å². The lowest BCUT2D eigenvalue weighted by atomic mass is 9.99. The zero-order chi connectivity index (χ0) is 39.3. The molecule has 1 heterocycles. The number of hydrogen-bond donors (Lipinski definition) is 4. The van der Waals surface area contributed by atoms with Gasteiger partial charge in [0.15, 0.2) is 6.29 Å². The molecule has 0 amide bonds. The Morgan fingerprint density at radius 3 is 1.31 bits per heavy atom. The van der Waals surface area contributed by atoms with Crippen LogP contribution in [0.15, 0.2) is 0 Å².